The summed E-state index contributed by atoms with van der Waals surface area (Å²) in [6.45, 7) is 0.600. The molecule has 0 aromatic heterocycles. The van der Waals surface area contributed by atoms with Gasteiger partial charge in [-0.2, -0.15) is 0 Å². The van der Waals surface area contributed by atoms with Gasteiger partial charge in [-0.25, -0.2) is 4.79 Å². The van der Waals surface area contributed by atoms with E-state index < -0.39 is 12.2 Å². The number of anilines is 1. The van der Waals surface area contributed by atoms with Gasteiger partial charge >= 0.3 is 6.09 Å². The van der Waals surface area contributed by atoms with Crippen LogP contribution in [-0.2, 0) is 9.53 Å². The quantitative estimate of drug-likeness (QED) is 0.837. The number of benzene rings is 1. The maximum Gasteiger partial charge on any atom is 0.414 e. The molecule has 2 amide bonds. The van der Waals surface area contributed by atoms with Crippen LogP contribution >= 0.6 is 23.8 Å². The highest BCUT2D eigenvalue weighted by atomic mass is 35.5. The number of para-hydroxylation sites is 1. The number of hydrogen-bond acceptors (Lipinski definition) is 4. The van der Waals surface area contributed by atoms with Gasteiger partial charge < -0.3 is 10.1 Å². The van der Waals surface area contributed by atoms with Crippen LogP contribution in [-0.4, -0.2) is 36.1 Å². The first-order valence-corrected chi connectivity index (χ1v) is 8.25. The van der Waals surface area contributed by atoms with Crippen LogP contribution in [0.4, 0.5) is 10.5 Å². The van der Waals surface area contributed by atoms with E-state index in [0.29, 0.717) is 28.4 Å². The predicted molar refractivity (Wildman–Crippen MR) is 96.3 cm³/mol. The van der Waals surface area contributed by atoms with Crippen molar-refractivity contribution in [3.05, 3.63) is 53.1 Å². The van der Waals surface area contributed by atoms with Crippen molar-refractivity contribution < 1.29 is 14.3 Å². The van der Waals surface area contributed by atoms with Crippen LogP contribution in [0.1, 0.15) is 6.42 Å². The molecule has 0 spiro atoms. The number of hydrogen-bond donors (Lipinski definition) is 1. The number of ether oxygens (including phenoxy) is 1. The molecular formula is C17H15ClN2O3S. The molecule has 24 heavy (non-hydrogen) atoms. The first kappa shape index (κ1) is 16.7. The van der Waals surface area contributed by atoms with Gasteiger partial charge in [-0.05, 0) is 18.2 Å². The minimum atomic E-state index is -0.418. The van der Waals surface area contributed by atoms with Gasteiger partial charge in [-0.15, -0.1) is 0 Å². The molecule has 1 aliphatic heterocycles. The van der Waals surface area contributed by atoms with E-state index in [1.54, 1.807) is 17.1 Å². The van der Waals surface area contributed by atoms with Gasteiger partial charge in [0.25, 0.3) is 5.91 Å². The number of cyclic esters (lactones) is 1. The van der Waals surface area contributed by atoms with Gasteiger partial charge in [0.15, 0.2) is 0 Å². The van der Waals surface area contributed by atoms with Crippen molar-refractivity contribution in [2.45, 2.75) is 12.5 Å². The molecule has 1 saturated heterocycles. The Labute approximate surface area is 149 Å². The lowest BCUT2D eigenvalue weighted by Crippen LogP contribution is -2.36. The second-order valence-electron chi connectivity index (χ2n) is 5.44. The molecule has 124 valence electrons. The van der Waals surface area contributed by atoms with Crippen molar-refractivity contribution in [1.29, 1.82) is 0 Å². The van der Waals surface area contributed by atoms with Crippen LogP contribution < -0.4 is 10.2 Å². The van der Waals surface area contributed by atoms with Crippen LogP contribution in [0.5, 0.6) is 0 Å². The largest absolute Gasteiger partial charge is 0.442 e. The fraction of sp³-hybridized carbons (Fsp3) is 0.235. The summed E-state index contributed by atoms with van der Waals surface area (Å²) < 4.78 is 5.30. The third-order valence-corrected chi connectivity index (χ3v) is 4.39. The van der Waals surface area contributed by atoms with Crippen molar-refractivity contribution in [2.24, 2.45) is 0 Å². The van der Waals surface area contributed by atoms with Crippen molar-refractivity contribution in [3.63, 3.8) is 0 Å². The number of allylic oxidation sites excluding steroid dienone is 3. The molecule has 1 unspecified atom stereocenters. The average molecular weight is 363 g/mol. The Morgan fingerprint density at radius 1 is 1.38 bits per heavy atom. The summed E-state index contributed by atoms with van der Waals surface area (Å²) in [5, 5.41) is 3.25. The van der Waals surface area contributed by atoms with Crippen molar-refractivity contribution in [2.75, 3.05) is 18.0 Å². The molecule has 1 aromatic carbocycles. The molecular weight excluding hydrogens is 348 g/mol. The maximum absolute atomic E-state index is 12.2. The van der Waals surface area contributed by atoms with E-state index in [0.717, 1.165) is 5.69 Å². The van der Waals surface area contributed by atoms with Gasteiger partial charge in [-0.1, -0.05) is 48.1 Å². The number of thiocarbonyl (C=S) groups is 1. The van der Waals surface area contributed by atoms with E-state index in [1.165, 1.54) is 0 Å². The molecule has 3 rings (SSSR count). The molecule has 5 nitrogen and oxygen atoms in total. The average Bonchev–Trinajstić information content (AvgIpc) is 2.96. The second kappa shape index (κ2) is 7.15. The summed E-state index contributed by atoms with van der Waals surface area (Å²) in [6.07, 6.45) is 2.97. The monoisotopic (exact) mass is 362 g/mol. The zero-order valence-electron chi connectivity index (χ0n) is 12.7. The van der Waals surface area contributed by atoms with Gasteiger partial charge in [0.2, 0.25) is 0 Å². The second-order valence-corrected chi connectivity index (χ2v) is 6.37. The van der Waals surface area contributed by atoms with E-state index >= 15 is 0 Å². The molecule has 7 heteroatoms. The predicted octanol–water partition coefficient (Wildman–Crippen LogP) is 2.95. The SMILES string of the molecule is O=C(NCC1CN(c2ccccc2)C(=O)O1)C1=CC(Cl)=CCC1=S. The van der Waals surface area contributed by atoms with Gasteiger partial charge in [0.05, 0.1) is 18.7 Å². The van der Waals surface area contributed by atoms with Crippen molar-refractivity contribution in [3.8, 4) is 0 Å². The van der Waals surface area contributed by atoms with Crippen molar-refractivity contribution in [1.82, 2.24) is 5.32 Å². The summed E-state index contributed by atoms with van der Waals surface area (Å²) >= 11 is 11.1. The number of carbonyl (C=O) groups excluding carboxylic acids is 2. The number of nitrogens with zero attached hydrogens (tertiary/aromatic N) is 1. The standard InChI is InChI=1S/C17H15ClN2O3S/c18-11-6-7-15(24)14(8-11)16(21)19-9-13-10-20(17(22)23-13)12-4-2-1-3-5-12/h1-6,8,13H,7,9-10H2,(H,19,21). The van der Waals surface area contributed by atoms with Crippen LogP contribution in [0.2, 0.25) is 0 Å². The minimum Gasteiger partial charge on any atom is -0.442 e. The lowest BCUT2D eigenvalue weighted by atomic mass is 10.0. The van der Waals surface area contributed by atoms with Crippen LogP contribution in [0.3, 0.4) is 0 Å². The lowest BCUT2D eigenvalue weighted by Gasteiger charge is -2.15. The maximum atomic E-state index is 12.2. The highest BCUT2D eigenvalue weighted by Gasteiger charge is 2.32. The van der Waals surface area contributed by atoms with E-state index in [-0.39, 0.29) is 12.5 Å². The summed E-state index contributed by atoms with van der Waals surface area (Å²) in [7, 11) is 0. The number of nitrogens with one attached hydrogen (secondary N) is 1. The smallest absolute Gasteiger partial charge is 0.414 e. The number of rotatable bonds is 4. The zero-order valence-corrected chi connectivity index (χ0v) is 14.3. The number of carbonyl (C=O) groups is 2. The Morgan fingerprint density at radius 3 is 2.88 bits per heavy atom. The summed E-state index contributed by atoms with van der Waals surface area (Å²) in [4.78, 5) is 26.3. The Morgan fingerprint density at radius 2 is 2.12 bits per heavy atom. The topological polar surface area (TPSA) is 58.6 Å². The summed E-state index contributed by atoms with van der Waals surface area (Å²) in [6, 6.07) is 9.25. The van der Waals surface area contributed by atoms with Crippen LogP contribution in [0.25, 0.3) is 0 Å². The lowest BCUT2D eigenvalue weighted by molar-refractivity contribution is -0.117. The third-order valence-electron chi connectivity index (χ3n) is 3.74. The molecule has 1 heterocycles. The van der Waals surface area contributed by atoms with E-state index in [9.17, 15) is 9.59 Å². The normalized spacial score (nSPS) is 20.4. The molecule has 1 fully saturated rings. The highest BCUT2D eigenvalue weighted by Crippen LogP contribution is 2.21. The minimum absolute atomic E-state index is 0.217. The molecule has 1 atom stereocenters. The summed E-state index contributed by atoms with van der Waals surface area (Å²) in [5.41, 5.74) is 1.16. The fourth-order valence-electron chi connectivity index (χ4n) is 2.52. The molecule has 2 aliphatic rings. The molecule has 0 bridgehead atoms. The van der Waals surface area contributed by atoms with Crippen molar-refractivity contribution >= 4 is 46.4 Å². The van der Waals surface area contributed by atoms with Gasteiger partial charge in [-0.3, -0.25) is 9.69 Å². The van der Waals surface area contributed by atoms with Gasteiger partial charge in [0, 0.05) is 22.0 Å². The van der Waals surface area contributed by atoms with Gasteiger partial charge in [0.1, 0.15) is 6.10 Å². The number of halogens is 1. The van der Waals surface area contributed by atoms with E-state index in [1.807, 2.05) is 30.3 Å². The summed E-state index contributed by atoms with van der Waals surface area (Å²) in [5.74, 6) is -0.305. The highest BCUT2D eigenvalue weighted by molar-refractivity contribution is 7.81. The molecule has 0 saturated carbocycles. The zero-order chi connectivity index (χ0) is 17.1. The Hall–Kier alpha value is -2.18. The molecule has 1 aromatic rings. The van der Waals surface area contributed by atoms with E-state index in [4.69, 9.17) is 28.6 Å². The molecule has 1 N–H and O–H groups in total. The Balaban J connectivity index is 1.58. The third kappa shape index (κ3) is 3.66. The van der Waals surface area contributed by atoms with Crippen LogP contribution in [0, 0.1) is 0 Å². The van der Waals surface area contributed by atoms with E-state index in [2.05, 4.69) is 5.32 Å². The molecule has 1 aliphatic carbocycles. The number of amides is 2. The molecule has 0 radical (unpaired) electrons. The Bertz CT molecular complexity index is 745. The first-order chi connectivity index (χ1) is 11.5. The van der Waals surface area contributed by atoms with Crippen LogP contribution in [0.15, 0.2) is 53.1 Å². The fourth-order valence-corrected chi connectivity index (χ4v) is 2.94. The first-order valence-electron chi connectivity index (χ1n) is 7.46. The Kier molecular flexibility index (Phi) is 4.97.